The van der Waals surface area contributed by atoms with Crippen molar-refractivity contribution in [1.29, 1.82) is 0 Å². The van der Waals surface area contributed by atoms with E-state index in [1.165, 1.54) is 0 Å². The first-order valence-corrected chi connectivity index (χ1v) is 6.27. The quantitative estimate of drug-likeness (QED) is 0.457. The number of nitrogens with one attached hydrogen (secondary N) is 1. The van der Waals surface area contributed by atoms with Crippen LogP contribution in [0.2, 0.25) is 0 Å². The molecular weight excluding hydrogens is 222 g/mol. The molecule has 5 heteroatoms. The van der Waals surface area contributed by atoms with E-state index in [0.29, 0.717) is 6.54 Å². The number of aliphatic carboxylic acids is 2. The minimum atomic E-state index is -0.768. The first kappa shape index (κ1) is 15.9. The van der Waals surface area contributed by atoms with Crippen LogP contribution < -0.4 is 5.32 Å². The van der Waals surface area contributed by atoms with Crippen molar-refractivity contribution < 1.29 is 19.8 Å². The van der Waals surface area contributed by atoms with Crippen molar-refractivity contribution in [3.05, 3.63) is 0 Å². The van der Waals surface area contributed by atoms with Gasteiger partial charge in [-0.1, -0.05) is 25.7 Å². The summed E-state index contributed by atoms with van der Waals surface area (Å²) in [7, 11) is 0. The topological polar surface area (TPSA) is 86.6 Å². The van der Waals surface area contributed by atoms with Gasteiger partial charge in [0.1, 0.15) is 0 Å². The molecule has 0 aromatic heterocycles. The smallest absolute Gasteiger partial charge is 0.304 e. The molecule has 0 aromatic carbocycles. The van der Waals surface area contributed by atoms with Gasteiger partial charge in [-0.15, -0.1) is 0 Å². The van der Waals surface area contributed by atoms with Gasteiger partial charge in [0, 0.05) is 13.0 Å². The Bertz CT molecular complexity index is 197. The van der Waals surface area contributed by atoms with Crippen LogP contribution >= 0.6 is 0 Å². The van der Waals surface area contributed by atoms with E-state index in [2.05, 4.69) is 5.32 Å². The van der Waals surface area contributed by atoms with Gasteiger partial charge in [0.15, 0.2) is 0 Å². The molecule has 3 N–H and O–H groups in total. The van der Waals surface area contributed by atoms with Crippen LogP contribution in [0.5, 0.6) is 0 Å². The molecule has 0 bridgehead atoms. The van der Waals surface area contributed by atoms with Crippen LogP contribution in [0.3, 0.4) is 0 Å². The maximum absolute atomic E-state index is 10.2. The van der Waals surface area contributed by atoms with Gasteiger partial charge in [-0.3, -0.25) is 9.59 Å². The summed E-state index contributed by atoms with van der Waals surface area (Å²) in [6, 6.07) is 0. The molecule has 0 radical (unpaired) electrons. The van der Waals surface area contributed by atoms with Crippen LogP contribution in [0, 0.1) is 0 Å². The second kappa shape index (κ2) is 11.4. The van der Waals surface area contributed by atoms with Gasteiger partial charge >= 0.3 is 11.9 Å². The van der Waals surface area contributed by atoms with E-state index < -0.39 is 11.9 Å². The fourth-order valence-corrected chi connectivity index (χ4v) is 1.55. The van der Waals surface area contributed by atoms with Crippen LogP contribution in [0.4, 0.5) is 0 Å². The Morgan fingerprint density at radius 2 is 1.24 bits per heavy atom. The van der Waals surface area contributed by atoms with E-state index in [-0.39, 0.29) is 12.8 Å². The third-order valence-corrected chi connectivity index (χ3v) is 2.51. The molecule has 0 saturated carbocycles. The van der Waals surface area contributed by atoms with Crippen LogP contribution in [-0.2, 0) is 9.59 Å². The Hall–Kier alpha value is -1.10. The van der Waals surface area contributed by atoms with E-state index in [1.807, 2.05) is 0 Å². The van der Waals surface area contributed by atoms with Crippen LogP contribution in [0.25, 0.3) is 0 Å². The third kappa shape index (κ3) is 14.9. The summed E-state index contributed by atoms with van der Waals surface area (Å²) < 4.78 is 0. The third-order valence-electron chi connectivity index (χ3n) is 2.51. The van der Waals surface area contributed by atoms with E-state index >= 15 is 0 Å². The average molecular weight is 245 g/mol. The molecule has 5 nitrogen and oxygen atoms in total. The van der Waals surface area contributed by atoms with Crippen molar-refractivity contribution in [3.63, 3.8) is 0 Å². The fourth-order valence-electron chi connectivity index (χ4n) is 1.55. The lowest BCUT2D eigenvalue weighted by molar-refractivity contribution is -0.138. The van der Waals surface area contributed by atoms with Gasteiger partial charge in [-0.05, 0) is 19.4 Å². The van der Waals surface area contributed by atoms with Gasteiger partial charge in [0.2, 0.25) is 0 Å². The zero-order valence-electron chi connectivity index (χ0n) is 10.3. The van der Waals surface area contributed by atoms with Crippen molar-refractivity contribution in [2.24, 2.45) is 0 Å². The number of unbranched alkanes of at least 4 members (excludes halogenated alkanes) is 5. The SMILES string of the molecule is O=C(O)CCCCCCCCNCCC(=O)O. The molecule has 0 unspecified atom stereocenters. The highest BCUT2D eigenvalue weighted by atomic mass is 16.4. The summed E-state index contributed by atoms with van der Waals surface area (Å²) in [5.41, 5.74) is 0. The summed E-state index contributed by atoms with van der Waals surface area (Å²) in [5, 5.41) is 19.9. The molecule has 100 valence electrons. The number of rotatable bonds is 12. The van der Waals surface area contributed by atoms with E-state index in [0.717, 1.165) is 45.1 Å². The molecule has 0 amide bonds. The van der Waals surface area contributed by atoms with E-state index in [1.54, 1.807) is 0 Å². The van der Waals surface area contributed by atoms with Gasteiger partial charge < -0.3 is 15.5 Å². The Kier molecular flexibility index (Phi) is 10.7. The highest BCUT2D eigenvalue weighted by molar-refractivity contribution is 5.67. The standard InChI is InChI=1S/C12H23NO4/c14-11(15)7-5-3-1-2-4-6-9-13-10-8-12(16)17/h13H,1-10H2,(H,14,15)(H,16,17). The van der Waals surface area contributed by atoms with Crippen LogP contribution in [-0.4, -0.2) is 35.2 Å². The lowest BCUT2D eigenvalue weighted by Gasteiger charge is -2.03. The molecule has 0 rings (SSSR count). The number of carboxylic acids is 2. The second-order valence-electron chi connectivity index (χ2n) is 4.16. The van der Waals surface area contributed by atoms with Crippen LogP contribution in [0.1, 0.15) is 51.4 Å². The molecule has 0 aromatic rings. The lowest BCUT2D eigenvalue weighted by atomic mass is 10.1. The number of carboxylic acid groups (broad SMARTS) is 2. The van der Waals surface area contributed by atoms with E-state index in [9.17, 15) is 9.59 Å². The van der Waals surface area contributed by atoms with Gasteiger partial charge in [0.05, 0.1) is 6.42 Å². The Labute approximate surface area is 102 Å². The Balaban J connectivity index is 2.98. The summed E-state index contributed by atoms with van der Waals surface area (Å²) >= 11 is 0. The molecule has 0 spiro atoms. The zero-order valence-corrected chi connectivity index (χ0v) is 10.3. The molecular formula is C12H23NO4. The minimum absolute atomic E-state index is 0.176. The predicted molar refractivity (Wildman–Crippen MR) is 65.1 cm³/mol. The molecule has 0 heterocycles. The highest BCUT2D eigenvalue weighted by Crippen LogP contribution is 2.06. The summed E-state index contributed by atoms with van der Waals surface area (Å²) in [6.45, 7) is 1.40. The molecule has 17 heavy (non-hydrogen) atoms. The summed E-state index contributed by atoms with van der Waals surface area (Å²) in [6.07, 6.45) is 6.59. The Morgan fingerprint density at radius 1 is 0.706 bits per heavy atom. The van der Waals surface area contributed by atoms with Crippen molar-refractivity contribution in [2.45, 2.75) is 51.4 Å². The van der Waals surface area contributed by atoms with Crippen molar-refractivity contribution in [1.82, 2.24) is 5.32 Å². The zero-order chi connectivity index (χ0) is 12.9. The molecule has 0 aliphatic rings. The monoisotopic (exact) mass is 245 g/mol. The van der Waals surface area contributed by atoms with Crippen molar-refractivity contribution >= 4 is 11.9 Å². The summed E-state index contributed by atoms with van der Waals surface area (Å²) in [4.78, 5) is 20.4. The minimum Gasteiger partial charge on any atom is -0.481 e. The van der Waals surface area contributed by atoms with Crippen LogP contribution in [0.15, 0.2) is 0 Å². The maximum Gasteiger partial charge on any atom is 0.304 e. The molecule has 0 aliphatic heterocycles. The normalized spacial score (nSPS) is 10.4. The predicted octanol–water partition coefficient (Wildman–Crippen LogP) is 1.87. The molecule has 0 fully saturated rings. The molecule has 0 atom stereocenters. The summed E-state index contributed by atoms with van der Waals surface area (Å²) in [5.74, 6) is -1.48. The number of hydrogen-bond donors (Lipinski definition) is 3. The van der Waals surface area contributed by atoms with Crippen molar-refractivity contribution in [2.75, 3.05) is 13.1 Å². The van der Waals surface area contributed by atoms with Crippen molar-refractivity contribution in [3.8, 4) is 0 Å². The van der Waals surface area contributed by atoms with Gasteiger partial charge in [-0.25, -0.2) is 0 Å². The second-order valence-corrected chi connectivity index (χ2v) is 4.16. The van der Waals surface area contributed by atoms with E-state index in [4.69, 9.17) is 10.2 Å². The Morgan fingerprint density at radius 3 is 1.82 bits per heavy atom. The fraction of sp³-hybridized carbons (Fsp3) is 0.833. The highest BCUT2D eigenvalue weighted by Gasteiger charge is 1.97. The number of hydrogen-bond acceptors (Lipinski definition) is 3. The first-order chi connectivity index (χ1) is 8.13. The number of carbonyl (C=O) groups is 2. The van der Waals surface area contributed by atoms with Gasteiger partial charge in [-0.2, -0.15) is 0 Å². The molecule has 0 saturated heterocycles. The molecule has 0 aliphatic carbocycles. The first-order valence-electron chi connectivity index (χ1n) is 6.27. The largest absolute Gasteiger partial charge is 0.481 e. The average Bonchev–Trinajstić information content (AvgIpc) is 2.25. The maximum atomic E-state index is 10.2. The lowest BCUT2D eigenvalue weighted by Crippen LogP contribution is -2.19. The van der Waals surface area contributed by atoms with Gasteiger partial charge in [0.25, 0.3) is 0 Å².